The standard InChI is InChI=1S/C83H49F3N8/c84-83(85,86)67-27-13-26-60(50-87)82(67)66-49-80(93-76-40-36-56(72-32-14-28-68(89-72)52-18-5-1-6-19-52)44-62(76)63-45-57(37-41-77(63)93)73-33-15-29-69(90-73)53-20-7-2-8-21-53)61(51-88)48-81(66)94-78-42-38-58(74-34-16-30-70(91-74)54-22-9-3-10-23-54)46-64(78)65-47-59(39-43-79(65)94)75-35-17-31-71(92-75)55-24-11-4-12-25-55/h1-49H. The minimum atomic E-state index is -4.92. The lowest BCUT2D eigenvalue weighted by Gasteiger charge is -2.22. The van der Waals surface area contributed by atoms with Crippen LogP contribution in [0.2, 0.25) is 0 Å². The predicted octanol–water partition coefficient (Wildman–Crippen LogP) is 21.2. The third-order valence-electron chi connectivity index (χ3n) is 17.5. The molecule has 0 atom stereocenters. The van der Waals surface area contributed by atoms with E-state index in [9.17, 15) is 10.5 Å². The van der Waals surface area contributed by atoms with Crippen molar-refractivity contribution in [1.29, 1.82) is 10.5 Å². The van der Waals surface area contributed by atoms with Gasteiger partial charge in [-0.1, -0.05) is 176 Å². The molecule has 8 nitrogen and oxygen atoms in total. The van der Waals surface area contributed by atoms with E-state index in [4.69, 9.17) is 19.9 Å². The van der Waals surface area contributed by atoms with Gasteiger partial charge in [-0.3, -0.25) is 0 Å². The molecule has 0 bridgehead atoms. The van der Waals surface area contributed by atoms with Crippen LogP contribution in [-0.2, 0) is 6.18 Å². The minimum Gasteiger partial charge on any atom is -0.309 e. The summed E-state index contributed by atoms with van der Waals surface area (Å²) < 4.78 is 52.0. The molecule has 0 spiro atoms. The molecule has 0 amide bonds. The highest BCUT2D eigenvalue weighted by atomic mass is 19.4. The maximum Gasteiger partial charge on any atom is 0.417 e. The fraction of sp³-hybridized carbons (Fsp3) is 0.0120. The van der Waals surface area contributed by atoms with Crippen LogP contribution in [0.3, 0.4) is 0 Å². The molecule has 0 aliphatic heterocycles. The Morgan fingerprint density at radius 3 is 0.883 bits per heavy atom. The van der Waals surface area contributed by atoms with Crippen LogP contribution in [0.15, 0.2) is 297 Å². The molecule has 0 saturated carbocycles. The molecule has 0 radical (unpaired) electrons. The fourth-order valence-corrected chi connectivity index (χ4v) is 13.1. The number of alkyl halides is 3. The maximum atomic E-state index is 16.1. The first kappa shape index (κ1) is 56.4. The van der Waals surface area contributed by atoms with Crippen LogP contribution in [0.5, 0.6) is 0 Å². The summed E-state index contributed by atoms with van der Waals surface area (Å²) in [5.74, 6) is 0. The topological polar surface area (TPSA) is 109 Å². The van der Waals surface area contributed by atoms with Gasteiger partial charge in [0.15, 0.2) is 0 Å². The Hall–Kier alpha value is -12.8. The van der Waals surface area contributed by atoms with Crippen molar-refractivity contribution in [2.75, 3.05) is 0 Å². The Bertz CT molecular complexity index is 5470. The monoisotopic (exact) mass is 1210 g/mol. The fourth-order valence-electron chi connectivity index (χ4n) is 13.1. The third kappa shape index (κ3) is 10.1. The van der Waals surface area contributed by atoms with Crippen LogP contribution in [0.4, 0.5) is 13.2 Å². The Kier molecular flexibility index (Phi) is 13.9. The molecule has 0 aliphatic rings. The van der Waals surface area contributed by atoms with E-state index in [0.717, 1.165) is 106 Å². The second kappa shape index (κ2) is 23.2. The number of pyridine rings is 4. The van der Waals surface area contributed by atoms with Gasteiger partial charge in [0.1, 0.15) is 6.07 Å². The van der Waals surface area contributed by atoms with Crippen LogP contribution in [0.1, 0.15) is 16.7 Å². The summed E-state index contributed by atoms with van der Waals surface area (Å²) in [5, 5.41) is 25.9. The molecule has 6 aromatic heterocycles. The third-order valence-corrected chi connectivity index (χ3v) is 17.5. The molecule has 94 heavy (non-hydrogen) atoms. The molecule has 0 saturated heterocycles. The summed E-state index contributed by atoms with van der Waals surface area (Å²) in [6, 6.07) is 99.2. The molecule has 442 valence electrons. The van der Waals surface area contributed by atoms with E-state index >= 15 is 13.2 Å². The van der Waals surface area contributed by atoms with E-state index < -0.39 is 11.7 Å². The molecule has 6 heterocycles. The van der Waals surface area contributed by atoms with Gasteiger partial charge in [-0.05, 0) is 121 Å². The molecule has 16 aromatic rings. The van der Waals surface area contributed by atoms with Crippen molar-refractivity contribution in [3.05, 3.63) is 314 Å². The number of benzene rings is 10. The lowest BCUT2D eigenvalue weighted by atomic mass is 9.91. The van der Waals surface area contributed by atoms with Gasteiger partial charge in [0, 0.05) is 77.2 Å². The summed E-state index contributed by atoms with van der Waals surface area (Å²) in [7, 11) is 0. The Labute approximate surface area is 538 Å². The Morgan fingerprint density at radius 1 is 0.277 bits per heavy atom. The highest BCUT2D eigenvalue weighted by molar-refractivity contribution is 6.14. The van der Waals surface area contributed by atoms with Gasteiger partial charge in [0.25, 0.3) is 0 Å². The first-order chi connectivity index (χ1) is 46.1. The van der Waals surface area contributed by atoms with Gasteiger partial charge in [0.2, 0.25) is 0 Å². The number of hydrogen-bond donors (Lipinski definition) is 0. The van der Waals surface area contributed by atoms with E-state index in [1.54, 1.807) is 12.1 Å². The highest BCUT2D eigenvalue weighted by Crippen LogP contribution is 2.47. The van der Waals surface area contributed by atoms with Crippen molar-refractivity contribution in [2.24, 2.45) is 0 Å². The van der Waals surface area contributed by atoms with Crippen LogP contribution >= 0.6 is 0 Å². The van der Waals surface area contributed by atoms with Crippen molar-refractivity contribution >= 4 is 43.6 Å². The molecule has 0 aliphatic carbocycles. The molecule has 16 rings (SSSR count). The number of halogens is 3. The Morgan fingerprint density at radius 2 is 0.574 bits per heavy atom. The largest absolute Gasteiger partial charge is 0.417 e. The van der Waals surface area contributed by atoms with Gasteiger partial charge >= 0.3 is 6.18 Å². The van der Waals surface area contributed by atoms with Crippen LogP contribution in [-0.4, -0.2) is 29.1 Å². The van der Waals surface area contributed by atoms with Gasteiger partial charge in [-0.15, -0.1) is 0 Å². The van der Waals surface area contributed by atoms with Gasteiger partial charge in [0.05, 0.1) is 102 Å². The lowest BCUT2D eigenvalue weighted by Crippen LogP contribution is -2.11. The molecule has 10 aromatic carbocycles. The normalized spacial score (nSPS) is 11.5. The second-order valence-electron chi connectivity index (χ2n) is 23.0. The molecular weight excluding hydrogens is 1170 g/mol. The summed E-state index contributed by atoms with van der Waals surface area (Å²) in [6.07, 6.45) is -4.92. The van der Waals surface area contributed by atoms with Crippen LogP contribution < -0.4 is 0 Å². The second-order valence-corrected chi connectivity index (χ2v) is 23.0. The average molecular weight is 1220 g/mol. The molecule has 11 heteroatoms. The quantitative estimate of drug-likeness (QED) is 0.128. The van der Waals surface area contributed by atoms with Crippen molar-refractivity contribution in [3.63, 3.8) is 0 Å². The van der Waals surface area contributed by atoms with Gasteiger partial charge in [-0.2, -0.15) is 23.7 Å². The number of hydrogen-bond acceptors (Lipinski definition) is 6. The number of rotatable bonds is 11. The van der Waals surface area contributed by atoms with E-state index in [1.807, 2.05) is 252 Å². The van der Waals surface area contributed by atoms with Gasteiger partial charge < -0.3 is 9.13 Å². The van der Waals surface area contributed by atoms with Crippen molar-refractivity contribution in [2.45, 2.75) is 6.18 Å². The Balaban J connectivity index is 0.961. The molecule has 0 fully saturated rings. The number of fused-ring (bicyclic) bond motifs is 6. The zero-order valence-corrected chi connectivity index (χ0v) is 50.0. The van der Waals surface area contributed by atoms with E-state index in [2.05, 4.69) is 36.4 Å². The zero-order valence-electron chi connectivity index (χ0n) is 50.0. The first-order valence-corrected chi connectivity index (χ1v) is 30.6. The van der Waals surface area contributed by atoms with E-state index in [0.29, 0.717) is 39.1 Å². The maximum absolute atomic E-state index is 16.1. The lowest BCUT2D eigenvalue weighted by molar-refractivity contribution is -0.137. The number of aromatic nitrogens is 6. The summed E-state index contributed by atoms with van der Waals surface area (Å²) in [5.41, 5.74) is 15.0. The van der Waals surface area contributed by atoms with Crippen molar-refractivity contribution in [1.82, 2.24) is 29.1 Å². The summed E-state index contributed by atoms with van der Waals surface area (Å²) in [4.78, 5) is 20.6. The smallest absolute Gasteiger partial charge is 0.309 e. The van der Waals surface area contributed by atoms with Crippen LogP contribution in [0, 0.1) is 22.7 Å². The number of nitrogens with zero attached hydrogens (tertiary/aromatic N) is 8. The first-order valence-electron chi connectivity index (χ1n) is 30.6. The predicted molar refractivity (Wildman–Crippen MR) is 370 cm³/mol. The summed E-state index contributed by atoms with van der Waals surface area (Å²) in [6.45, 7) is 0. The van der Waals surface area contributed by atoms with E-state index in [1.165, 1.54) is 12.1 Å². The van der Waals surface area contributed by atoms with Crippen LogP contribution in [0.25, 0.3) is 156 Å². The average Bonchev–Trinajstić information content (AvgIpc) is 1.70. The molecule has 0 N–H and O–H groups in total. The molecular formula is C83H49F3N8. The van der Waals surface area contributed by atoms with E-state index in [-0.39, 0.29) is 27.9 Å². The molecule has 0 unspecified atom stereocenters. The SMILES string of the molecule is N#Cc1cc(-n2c3ccc(-c4cccc(-c5ccccc5)n4)cc3c3cc(-c4cccc(-c5ccccc5)n4)ccc32)c(-c2c(C#N)cccc2C(F)(F)F)cc1-n1c2ccc(-c3cccc(-c4ccccc4)n3)cc2c2cc(-c3cccc(-c4ccccc4)n3)ccc21. The number of nitriles is 2. The van der Waals surface area contributed by atoms with Gasteiger partial charge in [-0.25, -0.2) is 19.9 Å². The zero-order chi connectivity index (χ0) is 63.4. The van der Waals surface area contributed by atoms with Crippen molar-refractivity contribution < 1.29 is 13.2 Å². The highest BCUT2D eigenvalue weighted by Gasteiger charge is 2.36. The van der Waals surface area contributed by atoms with Crippen molar-refractivity contribution in [3.8, 4) is 125 Å². The summed E-state index contributed by atoms with van der Waals surface area (Å²) >= 11 is 0. The minimum absolute atomic E-state index is 0.0759.